The molecule has 5 heteroatoms. The third-order valence-electron chi connectivity index (χ3n) is 2.46. The normalized spacial score (nSPS) is 27.4. The molecule has 0 aromatic heterocycles. The molecule has 2 bridgehead atoms. The van der Waals surface area contributed by atoms with Crippen LogP contribution in [0.3, 0.4) is 0 Å². The van der Waals surface area contributed by atoms with Crippen molar-refractivity contribution in [1.29, 1.82) is 0 Å². The molecule has 1 aliphatic heterocycles. The minimum atomic E-state index is -3.81. The third-order valence-corrected chi connectivity index (χ3v) is 3.74. The Kier molecular flexibility index (Phi) is 3.72. The van der Waals surface area contributed by atoms with Crippen LogP contribution >= 0.6 is 0 Å². The number of hydrogen-bond donors (Lipinski definition) is 1. The lowest BCUT2D eigenvalue weighted by Crippen LogP contribution is -2.28. The predicted molar refractivity (Wildman–Crippen MR) is 60.3 cm³/mol. The van der Waals surface area contributed by atoms with E-state index in [0.717, 1.165) is 5.56 Å². The summed E-state index contributed by atoms with van der Waals surface area (Å²) in [6.07, 6.45) is -0.668. The van der Waals surface area contributed by atoms with Gasteiger partial charge in [-0.15, -0.1) is 0 Å². The van der Waals surface area contributed by atoms with Gasteiger partial charge in [0.2, 0.25) is 0 Å². The van der Waals surface area contributed by atoms with Crippen LogP contribution < -0.4 is 0 Å². The van der Waals surface area contributed by atoms with Crippen LogP contribution in [0.1, 0.15) is 19.9 Å². The Morgan fingerprint density at radius 1 is 1.44 bits per heavy atom. The van der Waals surface area contributed by atoms with Crippen molar-refractivity contribution in [3.8, 4) is 0 Å². The van der Waals surface area contributed by atoms with Gasteiger partial charge in [-0.3, -0.25) is 0 Å². The largest absolute Gasteiger partial charge is 0.367 e. The predicted octanol–water partition coefficient (Wildman–Crippen LogP) is 1.54. The highest BCUT2D eigenvalue weighted by atomic mass is 32.2. The summed E-state index contributed by atoms with van der Waals surface area (Å²) in [4.78, 5) is 0.103. The van der Waals surface area contributed by atoms with Crippen molar-refractivity contribution in [2.24, 2.45) is 5.92 Å². The van der Waals surface area contributed by atoms with Gasteiger partial charge in [-0.1, -0.05) is 26.5 Å². The maximum Gasteiger partial charge on any atom is 0.299 e. The van der Waals surface area contributed by atoms with Gasteiger partial charge in [0.25, 0.3) is 10.1 Å². The minimum Gasteiger partial charge on any atom is -0.367 e. The number of rotatable bonds is 0. The molecule has 1 aromatic carbocycles. The Morgan fingerprint density at radius 3 is 2.81 bits per heavy atom. The van der Waals surface area contributed by atoms with Gasteiger partial charge in [-0.05, 0) is 24.1 Å². The monoisotopic (exact) mass is 244 g/mol. The second kappa shape index (κ2) is 4.53. The number of aliphatic hydroxyl groups excluding tert-OH is 1. The summed E-state index contributed by atoms with van der Waals surface area (Å²) in [7, 11) is -3.81. The summed E-state index contributed by atoms with van der Waals surface area (Å²) >= 11 is 0. The van der Waals surface area contributed by atoms with Crippen molar-refractivity contribution < 1.29 is 17.7 Å². The van der Waals surface area contributed by atoms with Gasteiger partial charge >= 0.3 is 0 Å². The van der Waals surface area contributed by atoms with Gasteiger partial charge in [0.15, 0.2) is 6.29 Å². The molecule has 0 saturated carbocycles. The first-order valence-electron chi connectivity index (χ1n) is 4.69. The van der Waals surface area contributed by atoms with E-state index in [1.54, 1.807) is 19.1 Å². The summed E-state index contributed by atoms with van der Waals surface area (Å²) in [5.74, 6) is -0.240. The Morgan fingerprint density at radius 2 is 2.12 bits per heavy atom. The van der Waals surface area contributed by atoms with E-state index < -0.39 is 16.4 Å². The van der Waals surface area contributed by atoms with Crippen LogP contribution in [0.25, 0.3) is 0 Å². The molecule has 1 aromatic rings. The SMILES string of the molecule is C.CC1Cc2cccc(c2)S(=O)(=O)O[C@H]1O. The number of aliphatic hydroxyl groups is 1. The summed E-state index contributed by atoms with van der Waals surface area (Å²) in [5.41, 5.74) is 0.894. The van der Waals surface area contributed by atoms with Crippen molar-refractivity contribution in [2.75, 3.05) is 0 Å². The second-order valence-electron chi connectivity index (χ2n) is 3.77. The zero-order valence-corrected chi connectivity index (χ0v) is 9.07. The van der Waals surface area contributed by atoms with Gasteiger partial charge in [0.05, 0.1) is 4.90 Å². The Bertz CT molecular complexity index is 467. The molecule has 16 heavy (non-hydrogen) atoms. The molecular formula is C11H16O4S. The summed E-state index contributed by atoms with van der Waals surface area (Å²) in [6.45, 7) is 1.75. The second-order valence-corrected chi connectivity index (χ2v) is 5.34. The first-order valence-corrected chi connectivity index (χ1v) is 6.10. The van der Waals surface area contributed by atoms with Crippen LogP contribution in [0.5, 0.6) is 0 Å². The fourth-order valence-corrected chi connectivity index (χ4v) is 2.68. The van der Waals surface area contributed by atoms with E-state index in [1.807, 2.05) is 6.07 Å². The summed E-state index contributed by atoms with van der Waals surface area (Å²) < 4.78 is 27.8. The lowest BCUT2D eigenvalue weighted by molar-refractivity contribution is -0.0526. The number of benzene rings is 1. The molecule has 0 radical (unpaired) electrons. The molecule has 2 rings (SSSR count). The number of hydrogen-bond acceptors (Lipinski definition) is 4. The van der Waals surface area contributed by atoms with E-state index in [9.17, 15) is 13.5 Å². The molecule has 1 aliphatic rings. The van der Waals surface area contributed by atoms with Crippen LogP contribution in [-0.2, 0) is 20.7 Å². The Hall–Kier alpha value is -0.910. The van der Waals surface area contributed by atoms with Crippen molar-refractivity contribution in [3.05, 3.63) is 29.8 Å². The Labute approximate surface area is 96.0 Å². The lowest BCUT2D eigenvalue weighted by Gasteiger charge is -2.21. The molecule has 0 saturated heterocycles. The van der Waals surface area contributed by atoms with Gasteiger partial charge < -0.3 is 5.11 Å². The fraction of sp³-hybridized carbons (Fsp3) is 0.455. The van der Waals surface area contributed by atoms with Crippen molar-refractivity contribution >= 4 is 10.1 Å². The molecular weight excluding hydrogens is 228 g/mol. The standard InChI is InChI=1S/C10H12O4S.CH4/c1-7-5-8-3-2-4-9(6-8)15(12,13)14-10(7)11;/h2-4,6-7,10-11H,5H2,1H3;1H4/t7?,10-;/m1./s1. The smallest absolute Gasteiger partial charge is 0.299 e. The fourth-order valence-electron chi connectivity index (χ4n) is 1.58. The molecule has 1 heterocycles. The lowest BCUT2D eigenvalue weighted by atomic mass is 10.0. The molecule has 0 aliphatic carbocycles. The van der Waals surface area contributed by atoms with Gasteiger partial charge in [0.1, 0.15) is 0 Å². The maximum atomic E-state index is 11.6. The van der Waals surface area contributed by atoms with Gasteiger partial charge in [0, 0.05) is 5.92 Å². The highest BCUT2D eigenvalue weighted by Gasteiger charge is 2.27. The highest BCUT2D eigenvalue weighted by molar-refractivity contribution is 7.86. The summed E-state index contributed by atoms with van der Waals surface area (Å²) in [5, 5.41) is 9.49. The molecule has 0 fully saturated rings. The van der Waals surface area contributed by atoms with Crippen LogP contribution in [0, 0.1) is 5.92 Å². The maximum absolute atomic E-state index is 11.6. The van der Waals surface area contributed by atoms with Crippen LogP contribution in [0.15, 0.2) is 29.2 Å². The van der Waals surface area contributed by atoms with E-state index in [-0.39, 0.29) is 18.2 Å². The average molecular weight is 244 g/mol. The van der Waals surface area contributed by atoms with Crippen molar-refractivity contribution in [2.45, 2.75) is 32.0 Å². The number of fused-ring (bicyclic) bond motifs is 2. The Balaban J connectivity index is 0.00000128. The van der Waals surface area contributed by atoms with E-state index in [4.69, 9.17) is 0 Å². The summed E-state index contributed by atoms with van der Waals surface area (Å²) in [6, 6.07) is 6.56. The third kappa shape index (κ3) is 2.42. The van der Waals surface area contributed by atoms with Crippen LogP contribution in [0.2, 0.25) is 0 Å². The quantitative estimate of drug-likeness (QED) is 0.703. The molecule has 4 nitrogen and oxygen atoms in total. The molecule has 90 valence electrons. The molecule has 0 spiro atoms. The average Bonchev–Trinajstić information content (AvgIpc) is 2.16. The van der Waals surface area contributed by atoms with E-state index in [1.165, 1.54) is 6.07 Å². The molecule has 0 amide bonds. The van der Waals surface area contributed by atoms with Crippen molar-refractivity contribution in [3.63, 3.8) is 0 Å². The topological polar surface area (TPSA) is 63.6 Å². The molecule has 1 N–H and O–H groups in total. The van der Waals surface area contributed by atoms with E-state index in [0.29, 0.717) is 6.42 Å². The van der Waals surface area contributed by atoms with E-state index in [2.05, 4.69) is 4.18 Å². The zero-order valence-electron chi connectivity index (χ0n) is 8.25. The van der Waals surface area contributed by atoms with Crippen LogP contribution in [-0.4, -0.2) is 19.8 Å². The molecule has 2 atom stereocenters. The minimum absolute atomic E-state index is 0. The highest BCUT2D eigenvalue weighted by Crippen LogP contribution is 2.24. The van der Waals surface area contributed by atoms with Gasteiger partial charge in [-0.2, -0.15) is 8.42 Å². The first-order chi connectivity index (χ1) is 6.99. The van der Waals surface area contributed by atoms with Gasteiger partial charge in [-0.25, -0.2) is 4.18 Å². The van der Waals surface area contributed by atoms with E-state index >= 15 is 0 Å². The zero-order chi connectivity index (χ0) is 11.1. The first kappa shape index (κ1) is 13.2. The van der Waals surface area contributed by atoms with Crippen LogP contribution in [0.4, 0.5) is 0 Å². The molecule has 1 unspecified atom stereocenters. The van der Waals surface area contributed by atoms with Crippen molar-refractivity contribution in [1.82, 2.24) is 0 Å².